The molecule has 2 aromatic heterocycles. The maximum Gasteiger partial charge on any atom is 0.269 e. The predicted octanol–water partition coefficient (Wildman–Crippen LogP) is 3.64. The normalized spacial score (nSPS) is 14.1. The molecule has 0 aliphatic carbocycles. The van der Waals surface area contributed by atoms with E-state index in [4.69, 9.17) is 8.83 Å². The van der Waals surface area contributed by atoms with E-state index in [0.29, 0.717) is 18.7 Å². The molecule has 0 N–H and O–H groups in total. The van der Waals surface area contributed by atoms with Gasteiger partial charge in [-0.3, -0.25) is 14.9 Å². The third kappa shape index (κ3) is 4.33. The lowest BCUT2D eigenvalue weighted by molar-refractivity contribution is -0.384. The van der Waals surface area contributed by atoms with Crippen LogP contribution in [0.2, 0.25) is 0 Å². The number of nitro benzene ring substituents is 1. The Labute approximate surface area is 205 Å². The van der Waals surface area contributed by atoms with Crippen molar-refractivity contribution in [2.24, 2.45) is 0 Å². The molecule has 36 heavy (non-hydrogen) atoms. The van der Waals surface area contributed by atoms with Crippen LogP contribution >= 0.6 is 0 Å². The molecule has 4 aromatic rings. The third-order valence-electron chi connectivity index (χ3n) is 5.80. The maximum absolute atomic E-state index is 13.4. The van der Waals surface area contributed by atoms with Crippen LogP contribution in [0, 0.1) is 10.1 Å². The minimum atomic E-state index is -4.00. The molecule has 3 heterocycles. The van der Waals surface area contributed by atoms with Gasteiger partial charge in [0.2, 0.25) is 20.7 Å². The van der Waals surface area contributed by atoms with Crippen LogP contribution in [0.25, 0.3) is 11.7 Å². The Balaban J connectivity index is 1.40. The van der Waals surface area contributed by atoms with E-state index in [1.165, 1.54) is 42.7 Å². The maximum atomic E-state index is 13.4. The Hall–Kier alpha value is -4.45. The number of hydrogen-bond donors (Lipinski definition) is 0. The van der Waals surface area contributed by atoms with Crippen LogP contribution in [-0.4, -0.2) is 55.3 Å². The van der Waals surface area contributed by atoms with Crippen molar-refractivity contribution in [3.63, 3.8) is 0 Å². The van der Waals surface area contributed by atoms with Crippen LogP contribution in [0.15, 0.2) is 91.7 Å². The van der Waals surface area contributed by atoms with Crippen LogP contribution in [0.4, 0.5) is 11.6 Å². The lowest BCUT2D eigenvalue weighted by Gasteiger charge is -2.34. The van der Waals surface area contributed by atoms with Gasteiger partial charge in [0.15, 0.2) is 5.76 Å². The van der Waals surface area contributed by atoms with Gasteiger partial charge in [0.1, 0.15) is 0 Å². The quantitative estimate of drug-likeness (QED) is 0.282. The zero-order chi connectivity index (χ0) is 25.3. The van der Waals surface area contributed by atoms with Gasteiger partial charge in [0.25, 0.3) is 17.5 Å². The molecule has 1 aliphatic heterocycles. The summed E-state index contributed by atoms with van der Waals surface area (Å²) in [7, 11) is -4.00. The molecule has 2 aromatic carbocycles. The second-order valence-corrected chi connectivity index (χ2v) is 9.87. The number of aromatic nitrogens is 1. The van der Waals surface area contributed by atoms with Crippen molar-refractivity contribution in [1.82, 2.24) is 9.88 Å². The number of piperazine rings is 1. The van der Waals surface area contributed by atoms with Crippen LogP contribution in [-0.2, 0) is 9.84 Å². The number of furan rings is 1. The molecule has 0 unspecified atom stereocenters. The molecule has 11 nitrogen and oxygen atoms in total. The summed E-state index contributed by atoms with van der Waals surface area (Å²) < 4.78 is 38.1. The van der Waals surface area contributed by atoms with Crippen molar-refractivity contribution in [3.05, 3.63) is 88.7 Å². The van der Waals surface area contributed by atoms with Gasteiger partial charge in [-0.1, -0.05) is 18.2 Å². The number of hydrogen-bond acceptors (Lipinski definition) is 9. The summed E-state index contributed by atoms with van der Waals surface area (Å²) in [6.07, 6.45) is 1.44. The van der Waals surface area contributed by atoms with Gasteiger partial charge in [-0.2, -0.15) is 4.98 Å². The summed E-state index contributed by atoms with van der Waals surface area (Å²) >= 11 is 0. The molecular weight excluding hydrogens is 488 g/mol. The molecule has 184 valence electrons. The van der Waals surface area contributed by atoms with Gasteiger partial charge in [-0.05, 0) is 36.4 Å². The number of rotatable bonds is 6. The molecule has 1 saturated heterocycles. The number of carbonyl (C=O) groups excluding carboxylic acids is 1. The Morgan fingerprint density at radius 3 is 2.25 bits per heavy atom. The zero-order valence-electron chi connectivity index (χ0n) is 18.8. The average Bonchev–Trinajstić information content (AvgIpc) is 3.60. The number of amides is 1. The second kappa shape index (κ2) is 9.30. The van der Waals surface area contributed by atoms with Gasteiger partial charge in [-0.25, -0.2) is 8.42 Å². The van der Waals surface area contributed by atoms with E-state index < -0.39 is 14.8 Å². The third-order valence-corrected chi connectivity index (χ3v) is 7.47. The fraction of sp³-hybridized carbons (Fsp3) is 0.167. The Bertz CT molecular complexity index is 1490. The Morgan fingerprint density at radius 1 is 0.944 bits per heavy atom. The first-order chi connectivity index (χ1) is 17.3. The average molecular weight is 509 g/mol. The molecule has 0 saturated carbocycles. The SMILES string of the molecule is O=C(c1ccc([N+](=O)[O-])cc1)N1CCN(c2oc(-c3ccco3)nc2S(=O)(=O)c2ccccc2)CC1. The highest BCUT2D eigenvalue weighted by atomic mass is 32.2. The number of nitrogens with zero attached hydrogens (tertiary/aromatic N) is 4. The highest BCUT2D eigenvalue weighted by Crippen LogP contribution is 2.35. The van der Waals surface area contributed by atoms with Gasteiger partial charge in [0.05, 0.1) is 16.1 Å². The van der Waals surface area contributed by atoms with Crippen molar-refractivity contribution in [3.8, 4) is 11.7 Å². The van der Waals surface area contributed by atoms with Crippen LogP contribution in [0.5, 0.6) is 0 Å². The lowest BCUT2D eigenvalue weighted by atomic mass is 10.1. The van der Waals surface area contributed by atoms with Crippen molar-refractivity contribution in [2.75, 3.05) is 31.1 Å². The minimum absolute atomic E-state index is 0.0360. The van der Waals surface area contributed by atoms with Gasteiger partial charge < -0.3 is 18.6 Å². The monoisotopic (exact) mass is 508 g/mol. The fourth-order valence-corrected chi connectivity index (χ4v) is 5.25. The second-order valence-electron chi connectivity index (χ2n) is 8.01. The van der Waals surface area contributed by atoms with Gasteiger partial charge in [-0.15, -0.1) is 0 Å². The molecule has 0 atom stereocenters. The summed E-state index contributed by atoms with van der Waals surface area (Å²) in [5.74, 6) is 0.134. The summed E-state index contributed by atoms with van der Waals surface area (Å²) in [4.78, 5) is 30.9. The van der Waals surface area contributed by atoms with Crippen LogP contribution in [0.1, 0.15) is 10.4 Å². The van der Waals surface area contributed by atoms with Crippen LogP contribution in [0.3, 0.4) is 0 Å². The Morgan fingerprint density at radius 2 is 1.64 bits per heavy atom. The number of oxazole rings is 1. The zero-order valence-corrected chi connectivity index (χ0v) is 19.6. The first-order valence-electron chi connectivity index (χ1n) is 11.0. The first kappa shape index (κ1) is 23.3. The molecule has 12 heteroatoms. The van der Waals surface area contributed by atoms with E-state index in [1.54, 1.807) is 40.1 Å². The van der Waals surface area contributed by atoms with E-state index in [0.717, 1.165) is 0 Å². The lowest BCUT2D eigenvalue weighted by Crippen LogP contribution is -2.49. The molecular formula is C24H20N4O7S. The van der Waals surface area contributed by atoms with E-state index in [1.807, 2.05) is 0 Å². The molecule has 5 rings (SSSR count). The van der Waals surface area contributed by atoms with Gasteiger partial charge >= 0.3 is 0 Å². The van der Waals surface area contributed by atoms with Crippen molar-refractivity contribution in [2.45, 2.75) is 9.92 Å². The van der Waals surface area contributed by atoms with E-state index in [9.17, 15) is 23.3 Å². The smallest absolute Gasteiger partial charge is 0.269 e. The highest BCUT2D eigenvalue weighted by molar-refractivity contribution is 7.91. The molecule has 0 bridgehead atoms. The number of carbonyl (C=O) groups is 1. The number of anilines is 1. The number of benzene rings is 2. The van der Waals surface area contributed by atoms with Crippen molar-refractivity contribution in [1.29, 1.82) is 0 Å². The Kier molecular flexibility index (Phi) is 6.02. The van der Waals surface area contributed by atoms with Crippen molar-refractivity contribution < 1.29 is 27.0 Å². The topological polar surface area (TPSA) is 140 Å². The molecule has 1 fully saturated rings. The number of nitro groups is 1. The number of non-ortho nitro benzene ring substituents is 1. The summed E-state index contributed by atoms with van der Waals surface area (Å²) in [6, 6.07) is 16.6. The highest BCUT2D eigenvalue weighted by Gasteiger charge is 2.34. The van der Waals surface area contributed by atoms with E-state index in [-0.39, 0.29) is 52.1 Å². The summed E-state index contributed by atoms with van der Waals surface area (Å²) in [5.41, 5.74) is 0.238. The fourth-order valence-electron chi connectivity index (χ4n) is 3.91. The molecule has 1 amide bonds. The van der Waals surface area contributed by atoms with Gasteiger partial charge in [0, 0.05) is 43.9 Å². The minimum Gasteiger partial charge on any atom is -0.459 e. The largest absolute Gasteiger partial charge is 0.459 e. The number of sulfone groups is 1. The standard InChI is InChI=1S/C24H20N4O7S/c29-23(17-8-10-18(11-9-17)28(30)31)26-12-14-27(15-13-26)24-22(25-21(35-24)20-7-4-16-34-20)36(32,33)19-5-2-1-3-6-19/h1-11,16H,12-15H2. The van der Waals surface area contributed by atoms with E-state index >= 15 is 0 Å². The van der Waals surface area contributed by atoms with Crippen LogP contribution < -0.4 is 4.90 Å². The summed E-state index contributed by atoms with van der Waals surface area (Å²) in [6.45, 7) is 1.17. The predicted molar refractivity (Wildman–Crippen MR) is 127 cm³/mol. The van der Waals surface area contributed by atoms with Crippen molar-refractivity contribution >= 4 is 27.3 Å². The molecule has 0 radical (unpaired) electrons. The summed E-state index contributed by atoms with van der Waals surface area (Å²) in [5, 5.41) is 10.6. The molecule has 1 aliphatic rings. The molecule has 0 spiro atoms. The first-order valence-corrected chi connectivity index (χ1v) is 12.5. The van der Waals surface area contributed by atoms with E-state index in [2.05, 4.69) is 4.98 Å².